The number of benzene rings is 1. The molecule has 2 amide bonds. The Labute approximate surface area is 142 Å². The van der Waals surface area contributed by atoms with Gasteiger partial charge in [0.05, 0.1) is 6.10 Å². The van der Waals surface area contributed by atoms with Gasteiger partial charge in [-0.1, -0.05) is 12.1 Å². The first-order valence-electron chi connectivity index (χ1n) is 8.65. The minimum absolute atomic E-state index is 0.00357. The van der Waals surface area contributed by atoms with Crippen molar-refractivity contribution in [1.82, 2.24) is 5.32 Å². The van der Waals surface area contributed by atoms with E-state index in [1.807, 2.05) is 24.3 Å². The predicted molar refractivity (Wildman–Crippen MR) is 91.2 cm³/mol. The molecule has 3 atom stereocenters. The molecule has 0 unspecified atom stereocenters. The lowest BCUT2D eigenvalue weighted by atomic mass is 9.83. The average Bonchev–Trinajstić information content (AvgIpc) is 3.01. The van der Waals surface area contributed by atoms with E-state index in [-0.39, 0.29) is 23.8 Å². The zero-order chi connectivity index (χ0) is 17.1. The first kappa shape index (κ1) is 16.9. The number of nitrogens with two attached hydrogens (primary N) is 1. The lowest BCUT2D eigenvalue weighted by Crippen LogP contribution is -2.44. The molecule has 0 radical (unpaired) electrons. The Morgan fingerprint density at radius 3 is 2.67 bits per heavy atom. The van der Waals surface area contributed by atoms with Crippen LogP contribution in [0.1, 0.15) is 37.7 Å². The summed E-state index contributed by atoms with van der Waals surface area (Å²) < 4.78 is 0. The second-order valence-corrected chi connectivity index (χ2v) is 6.77. The fourth-order valence-electron chi connectivity index (χ4n) is 3.48. The third kappa shape index (κ3) is 3.76. The summed E-state index contributed by atoms with van der Waals surface area (Å²) in [6, 6.07) is 7.43. The summed E-state index contributed by atoms with van der Waals surface area (Å²) >= 11 is 0. The van der Waals surface area contributed by atoms with Gasteiger partial charge in [-0.15, -0.1) is 0 Å². The monoisotopic (exact) mass is 331 g/mol. The molecule has 1 saturated carbocycles. The molecule has 0 aromatic heterocycles. The van der Waals surface area contributed by atoms with Gasteiger partial charge >= 0.3 is 0 Å². The molecule has 1 aromatic rings. The molecule has 1 aliphatic heterocycles. The number of nitrogens with zero attached hydrogens (tertiary/aromatic N) is 1. The summed E-state index contributed by atoms with van der Waals surface area (Å²) in [7, 11) is 0. The summed E-state index contributed by atoms with van der Waals surface area (Å²) in [5, 5.41) is 12.6. The van der Waals surface area contributed by atoms with Crippen LogP contribution in [0.4, 0.5) is 5.69 Å². The maximum absolute atomic E-state index is 12.2. The van der Waals surface area contributed by atoms with Crippen LogP contribution in [0.5, 0.6) is 0 Å². The molecule has 6 heteroatoms. The number of rotatable bonds is 4. The van der Waals surface area contributed by atoms with Crippen LogP contribution >= 0.6 is 0 Å². The van der Waals surface area contributed by atoms with Crippen LogP contribution < -0.4 is 16.0 Å². The number of hydrogen-bond acceptors (Lipinski definition) is 4. The van der Waals surface area contributed by atoms with Gasteiger partial charge in [0, 0.05) is 37.2 Å². The number of aliphatic hydroxyl groups excluding tert-OH is 1. The van der Waals surface area contributed by atoms with Gasteiger partial charge in [-0.3, -0.25) is 9.59 Å². The molecular weight excluding hydrogens is 306 g/mol. The molecule has 4 N–H and O–H groups in total. The van der Waals surface area contributed by atoms with Gasteiger partial charge in [-0.25, -0.2) is 0 Å². The highest BCUT2D eigenvalue weighted by molar-refractivity contribution is 5.95. The van der Waals surface area contributed by atoms with Crippen LogP contribution in [0.2, 0.25) is 0 Å². The first-order chi connectivity index (χ1) is 11.5. The van der Waals surface area contributed by atoms with E-state index in [2.05, 4.69) is 5.32 Å². The summed E-state index contributed by atoms with van der Waals surface area (Å²) in [6.45, 7) is 1.24. The summed E-state index contributed by atoms with van der Waals surface area (Å²) in [4.78, 5) is 25.8. The smallest absolute Gasteiger partial charge is 0.227 e. The molecule has 6 nitrogen and oxygen atoms in total. The van der Waals surface area contributed by atoms with Gasteiger partial charge in [0.25, 0.3) is 0 Å². The largest absolute Gasteiger partial charge is 0.392 e. The van der Waals surface area contributed by atoms with Crippen molar-refractivity contribution < 1.29 is 14.7 Å². The Balaban J connectivity index is 1.51. The molecule has 0 spiro atoms. The lowest BCUT2D eigenvalue weighted by Gasteiger charge is -2.30. The van der Waals surface area contributed by atoms with E-state index in [1.165, 1.54) is 0 Å². The van der Waals surface area contributed by atoms with Gasteiger partial charge in [0.1, 0.15) is 0 Å². The molecule has 1 aromatic carbocycles. The topological polar surface area (TPSA) is 95.7 Å². The maximum Gasteiger partial charge on any atom is 0.227 e. The van der Waals surface area contributed by atoms with Crippen LogP contribution in [-0.2, 0) is 16.1 Å². The second-order valence-electron chi connectivity index (χ2n) is 6.77. The zero-order valence-corrected chi connectivity index (χ0v) is 13.8. The second kappa shape index (κ2) is 7.32. The van der Waals surface area contributed by atoms with Crippen molar-refractivity contribution >= 4 is 17.5 Å². The van der Waals surface area contributed by atoms with Crippen molar-refractivity contribution in [3.8, 4) is 0 Å². The van der Waals surface area contributed by atoms with E-state index < -0.39 is 6.10 Å². The Bertz CT molecular complexity index is 602. The Kier molecular flexibility index (Phi) is 5.16. The number of aliphatic hydroxyl groups is 1. The van der Waals surface area contributed by atoms with Gasteiger partial charge in [0.15, 0.2) is 0 Å². The van der Waals surface area contributed by atoms with E-state index >= 15 is 0 Å². The molecule has 1 aliphatic carbocycles. The molecule has 2 aliphatic rings. The van der Waals surface area contributed by atoms with Crippen molar-refractivity contribution in [2.75, 3.05) is 11.4 Å². The number of amides is 2. The minimum Gasteiger partial charge on any atom is -0.392 e. The standard InChI is InChI=1S/C18H25N3O3/c19-15-10-13(5-8-16(15)22)18(24)20-11-12-3-6-14(7-4-12)21-9-1-2-17(21)23/h3-4,6-7,13,15-16,22H,1-2,5,8-11,19H2,(H,20,24)/t13-,15+,16+/m0/s1. The van der Waals surface area contributed by atoms with Crippen molar-refractivity contribution in [1.29, 1.82) is 0 Å². The molecule has 1 heterocycles. The van der Waals surface area contributed by atoms with Gasteiger partial charge in [-0.2, -0.15) is 0 Å². The minimum atomic E-state index is -0.491. The Morgan fingerprint density at radius 1 is 1.29 bits per heavy atom. The first-order valence-corrected chi connectivity index (χ1v) is 8.65. The molecule has 3 rings (SSSR count). The van der Waals surface area contributed by atoms with Crippen LogP contribution in [0, 0.1) is 5.92 Å². The number of carbonyl (C=O) groups is 2. The zero-order valence-electron chi connectivity index (χ0n) is 13.8. The normalized spacial score (nSPS) is 27.3. The Morgan fingerprint density at radius 2 is 2.04 bits per heavy atom. The van der Waals surface area contributed by atoms with Crippen molar-refractivity contribution in [2.24, 2.45) is 11.7 Å². The fraction of sp³-hybridized carbons (Fsp3) is 0.556. The van der Waals surface area contributed by atoms with Crippen molar-refractivity contribution in [3.63, 3.8) is 0 Å². The highest BCUT2D eigenvalue weighted by atomic mass is 16.3. The summed E-state index contributed by atoms with van der Waals surface area (Å²) in [5.41, 5.74) is 7.75. The van der Waals surface area contributed by atoms with Gasteiger partial charge in [-0.05, 0) is 43.4 Å². The fourth-order valence-corrected chi connectivity index (χ4v) is 3.48. The molecular formula is C18H25N3O3. The van der Waals surface area contributed by atoms with Crippen molar-refractivity contribution in [2.45, 2.75) is 50.8 Å². The molecule has 0 bridgehead atoms. The SMILES string of the molecule is N[C@@H]1C[C@@H](C(=O)NCc2ccc(N3CCCC3=O)cc2)CC[C@H]1O. The van der Waals surface area contributed by atoms with Crippen LogP contribution in [0.3, 0.4) is 0 Å². The Hall–Kier alpha value is -1.92. The van der Waals surface area contributed by atoms with Crippen LogP contribution in [0.15, 0.2) is 24.3 Å². The molecule has 130 valence electrons. The van der Waals surface area contributed by atoms with E-state index in [0.29, 0.717) is 32.2 Å². The van der Waals surface area contributed by atoms with E-state index in [1.54, 1.807) is 4.90 Å². The third-order valence-electron chi connectivity index (χ3n) is 5.02. The third-order valence-corrected chi connectivity index (χ3v) is 5.02. The molecule has 24 heavy (non-hydrogen) atoms. The van der Waals surface area contributed by atoms with Gasteiger partial charge < -0.3 is 21.1 Å². The predicted octanol–water partition coefficient (Wildman–Crippen LogP) is 0.918. The number of carbonyl (C=O) groups excluding carboxylic acids is 2. The van der Waals surface area contributed by atoms with E-state index in [4.69, 9.17) is 5.73 Å². The quantitative estimate of drug-likeness (QED) is 0.764. The highest BCUT2D eigenvalue weighted by Crippen LogP contribution is 2.24. The summed E-state index contributed by atoms with van der Waals surface area (Å²) in [5.74, 6) is 0.0490. The van der Waals surface area contributed by atoms with E-state index in [0.717, 1.165) is 24.2 Å². The number of anilines is 1. The molecule has 2 fully saturated rings. The maximum atomic E-state index is 12.2. The van der Waals surface area contributed by atoms with Crippen molar-refractivity contribution in [3.05, 3.63) is 29.8 Å². The lowest BCUT2D eigenvalue weighted by molar-refractivity contribution is -0.127. The molecule has 1 saturated heterocycles. The van der Waals surface area contributed by atoms with E-state index in [9.17, 15) is 14.7 Å². The van der Waals surface area contributed by atoms with Crippen LogP contribution in [-0.4, -0.2) is 35.6 Å². The van der Waals surface area contributed by atoms with Crippen LogP contribution in [0.25, 0.3) is 0 Å². The number of hydrogen-bond donors (Lipinski definition) is 3. The summed E-state index contributed by atoms with van der Waals surface area (Å²) in [6.07, 6.45) is 2.83. The highest BCUT2D eigenvalue weighted by Gasteiger charge is 2.30. The average molecular weight is 331 g/mol. The van der Waals surface area contributed by atoms with Gasteiger partial charge in [0.2, 0.25) is 11.8 Å². The number of nitrogens with one attached hydrogen (secondary N) is 1.